The van der Waals surface area contributed by atoms with Gasteiger partial charge in [0.15, 0.2) is 17.2 Å². The zero-order chi connectivity index (χ0) is 30.5. The Morgan fingerprint density at radius 3 is 2.30 bits per heavy atom. The normalized spacial score (nSPS) is 28.2. The molecule has 40 heavy (non-hydrogen) atoms. The minimum atomic E-state index is -2.92. The molecule has 1 aromatic carbocycles. The van der Waals surface area contributed by atoms with E-state index in [1.165, 1.54) is 4.90 Å². The molecular formula is C29H43N3O8. The Morgan fingerprint density at radius 2 is 1.80 bits per heavy atom. The average molecular weight is 562 g/mol. The van der Waals surface area contributed by atoms with Gasteiger partial charge in [-0.2, -0.15) is 0 Å². The van der Waals surface area contributed by atoms with Crippen molar-refractivity contribution in [1.29, 1.82) is 0 Å². The Kier molecular flexibility index (Phi) is 8.88. The number of aromatic hydroxyl groups is 1. The highest BCUT2D eigenvalue weighted by atomic mass is 16.4. The summed E-state index contributed by atoms with van der Waals surface area (Å²) in [7, 11) is 3.12. The van der Waals surface area contributed by atoms with Crippen LogP contribution in [0.4, 0.5) is 0 Å². The molecule has 2 aliphatic rings. The van der Waals surface area contributed by atoms with E-state index in [1.54, 1.807) is 33.2 Å². The number of aliphatic hydroxyl groups excluding tert-OH is 3. The Bertz CT molecular complexity index is 1220. The molecule has 0 saturated carbocycles. The summed E-state index contributed by atoms with van der Waals surface area (Å²) in [4.78, 5) is 41.0. The number of amides is 1. The molecular weight excluding hydrogens is 518 g/mol. The lowest BCUT2D eigenvalue weighted by Gasteiger charge is -2.52. The van der Waals surface area contributed by atoms with E-state index in [1.807, 2.05) is 20.8 Å². The van der Waals surface area contributed by atoms with Crippen molar-refractivity contribution < 1.29 is 39.9 Å². The van der Waals surface area contributed by atoms with Gasteiger partial charge in [-0.1, -0.05) is 39.8 Å². The first kappa shape index (κ1) is 31.7. The number of carbonyl (C=O) groups is 3. The average Bonchev–Trinajstić information content (AvgIpc) is 2.86. The molecule has 11 heteroatoms. The first-order valence-electron chi connectivity index (χ1n) is 13.5. The summed E-state index contributed by atoms with van der Waals surface area (Å²) in [5.74, 6) is -9.26. The zero-order valence-corrected chi connectivity index (χ0v) is 24.2. The van der Waals surface area contributed by atoms with Crippen LogP contribution in [0.1, 0.15) is 62.0 Å². The Balaban J connectivity index is 2.25. The van der Waals surface area contributed by atoms with Crippen molar-refractivity contribution in [3.63, 3.8) is 0 Å². The third kappa shape index (κ3) is 5.16. The van der Waals surface area contributed by atoms with Gasteiger partial charge in [0.25, 0.3) is 0 Å². The molecule has 11 nitrogen and oxygen atoms in total. The number of hydrogen-bond acceptors (Lipinski definition) is 10. The molecule has 0 heterocycles. The lowest BCUT2D eigenvalue weighted by atomic mass is 9.56. The van der Waals surface area contributed by atoms with Gasteiger partial charge >= 0.3 is 0 Å². The quantitative estimate of drug-likeness (QED) is 0.210. The number of nitrogens with zero attached hydrogens (tertiary/aromatic N) is 1. The molecule has 0 bridgehead atoms. The van der Waals surface area contributed by atoms with Gasteiger partial charge in [-0.05, 0) is 37.9 Å². The predicted molar refractivity (Wildman–Crippen MR) is 148 cm³/mol. The molecule has 1 aromatic rings. The minimum absolute atomic E-state index is 0.0230. The van der Waals surface area contributed by atoms with Crippen LogP contribution in [0.5, 0.6) is 5.75 Å². The largest absolute Gasteiger partial charge is 0.508 e. The van der Waals surface area contributed by atoms with Crippen LogP contribution in [-0.2, 0) is 16.1 Å². The van der Waals surface area contributed by atoms with Crippen molar-refractivity contribution in [3.05, 3.63) is 40.2 Å². The van der Waals surface area contributed by atoms with Gasteiger partial charge in [-0.3, -0.25) is 14.4 Å². The predicted octanol–water partition coefficient (Wildman–Crippen LogP) is 0.591. The SMILES string of the molecule is CC(C(N)=O)C(=O)[C@@]1(O)C(O)=C2C(=O)c3c(ccc(CNCC(C)(C)C)c3O)[C@H](C)[C@H]2[C@H](O)[C@H]1[C@@H](CO)N(C)C. The molecule has 1 unspecified atom stereocenters. The number of primary amides is 1. The third-order valence-electron chi connectivity index (χ3n) is 8.39. The second-order valence-electron chi connectivity index (χ2n) is 12.6. The maximum atomic E-state index is 14.0. The summed E-state index contributed by atoms with van der Waals surface area (Å²) in [6.07, 6.45) is -1.61. The summed E-state index contributed by atoms with van der Waals surface area (Å²) >= 11 is 0. The van der Waals surface area contributed by atoms with Gasteiger partial charge < -0.3 is 41.5 Å². The first-order valence-corrected chi connectivity index (χ1v) is 13.5. The maximum absolute atomic E-state index is 14.0. The third-order valence-corrected chi connectivity index (χ3v) is 8.39. The van der Waals surface area contributed by atoms with Gasteiger partial charge in [0.2, 0.25) is 5.91 Å². The standard InChI is InChI=1S/C29H43N3O8/c1-13-16-9-8-15(10-31-12-28(3,4)5)22(34)19(16)23(35)20-18(13)24(36)21(17(11-33)32(6)7)29(40,26(20)38)25(37)14(2)27(30)39/h8-9,13-14,17-18,21,24,31,33-34,36,38,40H,10-12H2,1-7H3,(H2,30,39)/t13-,14?,17+,18+,21+,24-,29+/m0/s1. The number of phenolic OH excluding ortho intramolecular Hbond substituents is 1. The van der Waals surface area contributed by atoms with Crippen LogP contribution in [0.2, 0.25) is 0 Å². The number of Topliss-reactive ketones (excluding diaryl/α,β-unsaturated/α-hetero) is 2. The van der Waals surface area contributed by atoms with Crippen LogP contribution in [0.3, 0.4) is 0 Å². The van der Waals surface area contributed by atoms with E-state index in [0.717, 1.165) is 6.92 Å². The zero-order valence-electron chi connectivity index (χ0n) is 24.2. The molecule has 8 N–H and O–H groups in total. The highest BCUT2D eigenvalue weighted by Gasteiger charge is 2.64. The van der Waals surface area contributed by atoms with Gasteiger partial charge in [0.05, 0.1) is 24.2 Å². The van der Waals surface area contributed by atoms with Crippen molar-refractivity contribution in [2.24, 2.45) is 28.9 Å². The number of carbonyl (C=O) groups excluding carboxylic acids is 3. The second kappa shape index (κ2) is 11.2. The number of ketones is 2. The number of phenols is 1. The van der Waals surface area contributed by atoms with Gasteiger partial charge in [-0.25, -0.2) is 0 Å². The van der Waals surface area contributed by atoms with E-state index >= 15 is 0 Å². The Hall–Kier alpha value is -2.83. The van der Waals surface area contributed by atoms with E-state index < -0.39 is 76.8 Å². The number of benzene rings is 1. The molecule has 3 rings (SSSR count). The molecule has 0 fully saturated rings. The van der Waals surface area contributed by atoms with E-state index in [4.69, 9.17) is 5.73 Å². The lowest BCUT2D eigenvalue weighted by Crippen LogP contribution is -2.67. The smallest absolute Gasteiger partial charge is 0.227 e. The monoisotopic (exact) mass is 561 g/mol. The molecule has 0 aliphatic heterocycles. The lowest BCUT2D eigenvalue weighted by molar-refractivity contribution is -0.168. The summed E-state index contributed by atoms with van der Waals surface area (Å²) in [6, 6.07) is 2.33. The van der Waals surface area contributed by atoms with E-state index in [2.05, 4.69) is 5.32 Å². The molecule has 2 aliphatic carbocycles. The highest BCUT2D eigenvalue weighted by Crippen LogP contribution is 2.53. The fourth-order valence-electron chi connectivity index (χ4n) is 6.12. The van der Waals surface area contributed by atoms with Crippen LogP contribution in [-0.4, -0.2) is 92.9 Å². The molecule has 0 aromatic heterocycles. The van der Waals surface area contributed by atoms with Gasteiger partial charge in [-0.15, -0.1) is 0 Å². The number of fused-ring (bicyclic) bond motifs is 2. The van der Waals surface area contributed by atoms with Crippen LogP contribution in [0.25, 0.3) is 0 Å². The number of aliphatic hydroxyl groups is 4. The van der Waals surface area contributed by atoms with Crippen LogP contribution in [0, 0.1) is 23.2 Å². The minimum Gasteiger partial charge on any atom is -0.508 e. The molecule has 7 atom stereocenters. The number of likely N-dealkylation sites (N-methyl/N-ethyl adjacent to an activating group) is 1. The first-order chi connectivity index (χ1) is 18.4. The van der Waals surface area contributed by atoms with E-state index in [0.29, 0.717) is 17.7 Å². The maximum Gasteiger partial charge on any atom is 0.227 e. The Labute approximate surface area is 234 Å². The number of nitrogens with one attached hydrogen (secondary N) is 1. The molecule has 0 spiro atoms. The van der Waals surface area contributed by atoms with Crippen LogP contribution >= 0.6 is 0 Å². The van der Waals surface area contributed by atoms with Crippen molar-refractivity contribution in [1.82, 2.24) is 10.2 Å². The number of rotatable bonds is 9. The fraction of sp³-hybridized carbons (Fsp3) is 0.621. The summed E-state index contributed by atoms with van der Waals surface area (Å²) in [6.45, 7) is 9.30. The summed E-state index contributed by atoms with van der Waals surface area (Å²) in [5, 5.41) is 59.9. The van der Waals surface area contributed by atoms with Crippen molar-refractivity contribution in [2.75, 3.05) is 27.2 Å². The fourth-order valence-corrected chi connectivity index (χ4v) is 6.12. The Morgan fingerprint density at radius 1 is 1.20 bits per heavy atom. The molecule has 1 amide bonds. The molecule has 0 saturated heterocycles. The van der Waals surface area contributed by atoms with Crippen LogP contribution < -0.4 is 11.1 Å². The van der Waals surface area contributed by atoms with E-state index in [-0.39, 0.29) is 23.3 Å². The van der Waals surface area contributed by atoms with Crippen molar-refractivity contribution >= 4 is 17.5 Å². The molecule has 222 valence electrons. The highest BCUT2D eigenvalue weighted by molar-refractivity contribution is 6.15. The number of hydrogen-bond donors (Lipinski definition) is 7. The topological polar surface area (TPSA) is 194 Å². The number of nitrogens with two attached hydrogens (primary N) is 1. The van der Waals surface area contributed by atoms with Gasteiger partial charge in [0.1, 0.15) is 11.5 Å². The van der Waals surface area contributed by atoms with Gasteiger partial charge in [0, 0.05) is 42.1 Å². The molecule has 0 radical (unpaired) electrons. The van der Waals surface area contributed by atoms with E-state index in [9.17, 15) is 39.9 Å². The second-order valence-corrected chi connectivity index (χ2v) is 12.6. The van der Waals surface area contributed by atoms with Crippen molar-refractivity contribution in [3.8, 4) is 5.75 Å². The summed E-state index contributed by atoms with van der Waals surface area (Å²) in [5.41, 5.74) is 2.78. The summed E-state index contributed by atoms with van der Waals surface area (Å²) < 4.78 is 0. The van der Waals surface area contributed by atoms with Crippen molar-refractivity contribution in [2.45, 2.75) is 64.8 Å². The van der Waals surface area contributed by atoms with Crippen LogP contribution in [0.15, 0.2) is 23.5 Å².